The van der Waals surface area contributed by atoms with E-state index in [-0.39, 0.29) is 6.03 Å². The fraction of sp³-hybridized carbons (Fsp3) is 0.500. The molecule has 0 unspecified atom stereocenters. The molecule has 9 heteroatoms. The van der Waals surface area contributed by atoms with Crippen molar-refractivity contribution in [1.82, 2.24) is 25.2 Å². The molecule has 4 heterocycles. The van der Waals surface area contributed by atoms with Crippen LogP contribution in [0.15, 0.2) is 24.5 Å². The number of hydrogen-bond donors (Lipinski definition) is 2. The number of carbonyl (C=O) groups excluding carboxylic acids is 1. The molecule has 2 N–H and O–H groups in total. The summed E-state index contributed by atoms with van der Waals surface area (Å²) in [6.07, 6.45) is 6.24. The normalized spacial score (nSPS) is 16.8. The zero-order chi connectivity index (χ0) is 20.1. The van der Waals surface area contributed by atoms with Crippen LogP contribution in [0.2, 0.25) is 0 Å². The van der Waals surface area contributed by atoms with Crippen molar-refractivity contribution in [3.8, 4) is 5.88 Å². The lowest BCUT2D eigenvalue weighted by molar-refractivity contribution is 0.0903. The van der Waals surface area contributed by atoms with E-state index in [1.165, 1.54) is 0 Å². The zero-order valence-electron chi connectivity index (χ0n) is 16.6. The highest BCUT2D eigenvalue weighted by atomic mass is 16.5. The molecule has 2 aromatic rings. The van der Waals surface area contributed by atoms with Crippen LogP contribution in [0.25, 0.3) is 0 Å². The van der Waals surface area contributed by atoms with Gasteiger partial charge in [-0.1, -0.05) is 6.07 Å². The quantitative estimate of drug-likeness (QED) is 0.791. The van der Waals surface area contributed by atoms with Crippen molar-refractivity contribution < 1.29 is 14.3 Å². The maximum Gasteiger partial charge on any atom is 0.318 e. The number of nitrogens with zero attached hydrogens (tertiary/aromatic N) is 4. The molecular weight excluding hydrogens is 372 g/mol. The van der Waals surface area contributed by atoms with Crippen molar-refractivity contribution in [2.75, 3.05) is 32.2 Å². The number of rotatable bonds is 5. The molecule has 154 valence electrons. The molecule has 9 nitrogen and oxygen atoms in total. The Morgan fingerprint density at radius 1 is 1.28 bits per heavy atom. The highest BCUT2D eigenvalue weighted by Gasteiger charge is 2.23. The summed E-state index contributed by atoms with van der Waals surface area (Å²) in [7, 11) is 1.58. The van der Waals surface area contributed by atoms with Crippen molar-refractivity contribution in [1.29, 1.82) is 0 Å². The van der Waals surface area contributed by atoms with Crippen LogP contribution in [0.3, 0.4) is 0 Å². The van der Waals surface area contributed by atoms with Gasteiger partial charge in [-0.25, -0.2) is 19.7 Å². The molecular formula is C20H26N6O3. The second-order valence-electron chi connectivity index (χ2n) is 7.24. The van der Waals surface area contributed by atoms with Crippen LogP contribution in [0, 0.1) is 0 Å². The van der Waals surface area contributed by atoms with Crippen LogP contribution in [0.5, 0.6) is 5.88 Å². The minimum Gasteiger partial charge on any atom is -0.481 e. The van der Waals surface area contributed by atoms with Gasteiger partial charge in [-0.3, -0.25) is 0 Å². The van der Waals surface area contributed by atoms with Crippen molar-refractivity contribution in [3.05, 3.63) is 41.3 Å². The lowest BCUT2D eigenvalue weighted by Crippen LogP contribution is -2.43. The Bertz CT molecular complexity index is 839. The highest BCUT2D eigenvalue weighted by molar-refractivity contribution is 5.74. The molecule has 0 aromatic carbocycles. The lowest BCUT2D eigenvalue weighted by atomic mass is 10.1. The Kier molecular flexibility index (Phi) is 6.04. The number of anilines is 1. The lowest BCUT2D eigenvalue weighted by Gasteiger charge is -2.29. The van der Waals surface area contributed by atoms with Gasteiger partial charge in [-0.2, -0.15) is 0 Å². The van der Waals surface area contributed by atoms with Crippen LogP contribution < -0.4 is 15.4 Å². The van der Waals surface area contributed by atoms with Crippen LogP contribution in [-0.4, -0.2) is 58.8 Å². The first-order valence-electron chi connectivity index (χ1n) is 9.92. The summed E-state index contributed by atoms with van der Waals surface area (Å²) in [5, 5.41) is 6.34. The zero-order valence-corrected chi connectivity index (χ0v) is 16.6. The largest absolute Gasteiger partial charge is 0.481 e. The van der Waals surface area contributed by atoms with Gasteiger partial charge in [0.05, 0.1) is 19.3 Å². The molecule has 2 aliphatic rings. The first kappa shape index (κ1) is 19.4. The van der Waals surface area contributed by atoms with Gasteiger partial charge in [0.15, 0.2) is 0 Å². The van der Waals surface area contributed by atoms with E-state index < -0.39 is 0 Å². The van der Waals surface area contributed by atoms with Gasteiger partial charge in [0, 0.05) is 50.8 Å². The van der Waals surface area contributed by atoms with Gasteiger partial charge in [0.2, 0.25) is 11.8 Å². The fourth-order valence-corrected chi connectivity index (χ4v) is 3.50. The van der Waals surface area contributed by atoms with Gasteiger partial charge in [-0.05, 0) is 30.4 Å². The number of carbonyl (C=O) groups is 1. The van der Waals surface area contributed by atoms with Crippen LogP contribution in [-0.2, 0) is 24.2 Å². The molecule has 1 saturated heterocycles. The summed E-state index contributed by atoms with van der Waals surface area (Å²) in [6, 6.07) is 3.90. The number of fused-ring (bicyclic) bond motifs is 1. The molecule has 0 radical (unpaired) electrons. The van der Waals surface area contributed by atoms with E-state index in [1.807, 2.05) is 12.3 Å². The fourth-order valence-electron chi connectivity index (χ4n) is 3.50. The summed E-state index contributed by atoms with van der Waals surface area (Å²) in [5.74, 6) is 1.18. The minimum absolute atomic E-state index is 0.107. The summed E-state index contributed by atoms with van der Waals surface area (Å²) in [5.41, 5.74) is 2.93. The minimum atomic E-state index is -0.107. The summed E-state index contributed by atoms with van der Waals surface area (Å²) < 4.78 is 10.4. The Morgan fingerprint density at radius 2 is 2.14 bits per heavy atom. The highest BCUT2D eigenvalue weighted by Crippen LogP contribution is 2.19. The molecule has 0 bridgehead atoms. The monoisotopic (exact) mass is 398 g/mol. The number of amides is 2. The van der Waals surface area contributed by atoms with E-state index in [9.17, 15) is 4.79 Å². The van der Waals surface area contributed by atoms with E-state index in [1.54, 1.807) is 24.3 Å². The van der Waals surface area contributed by atoms with Gasteiger partial charge in [0.1, 0.15) is 0 Å². The average molecular weight is 398 g/mol. The Labute approximate surface area is 169 Å². The van der Waals surface area contributed by atoms with Crippen molar-refractivity contribution in [3.63, 3.8) is 0 Å². The molecule has 0 atom stereocenters. The van der Waals surface area contributed by atoms with Gasteiger partial charge in [0.25, 0.3) is 0 Å². The molecule has 4 rings (SSSR count). The Balaban J connectivity index is 1.33. The predicted molar refractivity (Wildman–Crippen MR) is 107 cm³/mol. The number of pyridine rings is 1. The second kappa shape index (κ2) is 9.04. The predicted octanol–water partition coefficient (Wildman–Crippen LogP) is 1.74. The molecule has 0 saturated carbocycles. The van der Waals surface area contributed by atoms with Crippen molar-refractivity contribution >= 4 is 12.0 Å². The molecule has 2 aromatic heterocycles. The van der Waals surface area contributed by atoms with Crippen LogP contribution in [0.4, 0.5) is 10.7 Å². The summed E-state index contributed by atoms with van der Waals surface area (Å²) in [6.45, 7) is 3.07. The maximum atomic E-state index is 12.6. The van der Waals surface area contributed by atoms with Crippen LogP contribution in [0.1, 0.15) is 29.7 Å². The number of methoxy groups -OCH3 is 1. The maximum absolute atomic E-state index is 12.6. The van der Waals surface area contributed by atoms with E-state index >= 15 is 0 Å². The third-order valence-electron chi connectivity index (χ3n) is 5.24. The van der Waals surface area contributed by atoms with Gasteiger partial charge >= 0.3 is 6.03 Å². The molecule has 0 spiro atoms. The van der Waals surface area contributed by atoms with Crippen molar-refractivity contribution in [2.24, 2.45) is 0 Å². The van der Waals surface area contributed by atoms with E-state index in [0.29, 0.717) is 37.5 Å². The Morgan fingerprint density at radius 3 is 2.90 bits per heavy atom. The Hall–Kier alpha value is -2.94. The molecule has 2 amide bonds. The number of urea groups is 1. The first-order valence-corrected chi connectivity index (χ1v) is 9.92. The van der Waals surface area contributed by atoms with Gasteiger partial charge in [-0.15, -0.1) is 0 Å². The van der Waals surface area contributed by atoms with Gasteiger partial charge < -0.3 is 25.0 Å². The van der Waals surface area contributed by atoms with Crippen molar-refractivity contribution in [2.45, 2.75) is 38.4 Å². The number of aromatic nitrogens is 3. The third kappa shape index (κ3) is 4.92. The molecule has 0 aliphatic carbocycles. The number of ether oxygens (including phenoxy) is 2. The molecule has 2 aliphatic heterocycles. The summed E-state index contributed by atoms with van der Waals surface area (Å²) in [4.78, 5) is 27.7. The second-order valence-corrected chi connectivity index (χ2v) is 7.24. The smallest absolute Gasteiger partial charge is 0.318 e. The SMILES string of the molecule is COc1ccc(CNC(=O)N2CCc3cnc(NC4CCOCC4)nc3C2)cn1. The summed E-state index contributed by atoms with van der Waals surface area (Å²) >= 11 is 0. The van der Waals surface area contributed by atoms with E-state index in [0.717, 1.165) is 49.3 Å². The molecule has 29 heavy (non-hydrogen) atoms. The third-order valence-corrected chi connectivity index (χ3v) is 5.24. The molecule has 1 fully saturated rings. The van der Waals surface area contributed by atoms with E-state index in [4.69, 9.17) is 9.47 Å². The average Bonchev–Trinajstić information content (AvgIpc) is 2.78. The van der Waals surface area contributed by atoms with E-state index in [2.05, 4.69) is 25.6 Å². The van der Waals surface area contributed by atoms with Crippen LogP contribution >= 0.6 is 0 Å². The first-order chi connectivity index (χ1) is 14.2. The number of nitrogens with one attached hydrogen (secondary N) is 2. The topological polar surface area (TPSA) is 102 Å². The number of hydrogen-bond acceptors (Lipinski definition) is 7. The standard InChI is InChI=1S/C20H26N6O3/c1-28-18-3-2-14(10-21-18)11-23-20(27)26-7-4-15-12-22-19(25-17(15)13-26)24-16-5-8-29-9-6-16/h2-3,10,12,16H,4-9,11,13H2,1H3,(H,23,27)(H,22,24,25).